The lowest BCUT2D eigenvalue weighted by molar-refractivity contribution is 0.0696. The third-order valence-electron chi connectivity index (χ3n) is 2.42. The Hall–Kier alpha value is -2.35. The van der Waals surface area contributed by atoms with Gasteiger partial charge >= 0.3 is 5.97 Å². The maximum atomic E-state index is 12.4. The number of carboxylic acids is 1. The molecule has 0 bridgehead atoms. The molecular weight excluding hydrogens is 304 g/mol. The SMILES string of the molecule is O=C(O)c1coc(C(=O)Nc2ccccc2SC(F)F)c1. The van der Waals surface area contributed by atoms with Crippen LogP contribution in [0.2, 0.25) is 0 Å². The molecular formula is C13H9F2NO4S. The first kappa shape index (κ1) is 15.0. The van der Waals surface area contributed by atoms with E-state index in [0.29, 0.717) is 11.8 Å². The number of hydrogen-bond donors (Lipinski definition) is 2. The lowest BCUT2D eigenvalue weighted by atomic mass is 10.3. The Morgan fingerprint density at radius 2 is 2.00 bits per heavy atom. The molecule has 1 aromatic heterocycles. The van der Waals surface area contributed by atoms with Gasteiger partial charge in [-0.05, 0) is 12.1 Å². The second-order valence-electron chi connectivity index (χ2n) is 3.83. The first-order valence-corrected chi connectivity index (χ1v) is 6.52. The molecule has 0 unspecified atom stereocenters. The fraction of sp³-hybridized carbons (Fsp3) is 0.0769. The summed E-state index contributed by atoms with van der Waals surface area (Å²) >= 11 is 0.300. The molecule has 21 heavy (non-hydrogen) atoms. The molecule has 1 aromatic carbocycles. The monoisotopic (exact) mass is 313 g/mol. The summed E-state index contributed by atoms with van der Waals surface area (Å²) in [6.07, 6.45) is 0.928. The van der Waals surface area contributed by atoms with E-state index in [2.05, 4.69) is 5.32 Å². The van der Waals surface area contributed by atoms with Crippen LogP contribution < -0.4 is 5.32 Å². The van der Waals surface area contributed by atoms with Crippen molar-refractivity contribution in [3.05, 3.63) is 47.9 Å². The molecule has 2 aromatic rings. The number of furan rings is 1. The molecule has 5 nitrogen and oxygen atoms in total. The molecule has 2 N–H and O–H groups in total. The largest absolute Gasteiger partial charge is 0.478 e. The second kappa shape index (κ2) is 6.40. The number of halogens is 2. The van der Waals surface area contributed by atoms with Crippen molar-refractivity contribution in [3.63, 3.8) is 0 Å². The van der Waals surface area contributed by atoms with Gasteiger partial charge in [0.05, 0.1) is 11.3 Å². The summed E-state index contributed by atoms with van der Waals surface area (Å²) in [4.78, 5) is 22.8. The summed E-state index contributed by atoms with van der Waals surface area (Å²) in [6, 6.07) is 7.10. The number of hydrogen-bond acceptors (Lipinski definition) is 4. The number of rotatable bonds is 5. The summed E-state index contributed by atoms with van der Waals surface area (Å²) < 4.78 is 29.7. The number of aromatic carboxylic acids is 1. The Kier molecular flexibility index (Phi) is 4.59. The van der Waals surface area contributed by atoms with Gasteiger partial charge in [-0.1, -0.05) is 23.9 Å². The van der Waals surface area contributed by atoms with E-state index in [9.17, 15) is 18.4 Å². The van der Waals surface area contributed by atoms with E-state index in [-0.39, 0.29) is 21.9 Å². The summed E-state index contributed by atoms with van der Waals surface area (Å²) in [5.74, 6) is -4.79. The number of para-hydroxylation sites is 1. The van der Waals surface area contributed by atoms with Crippen LogP contribution in [0.3, 0.4) is 0 Å². The van der Waals surface area contributed by atoms with Gasteiger partial charge in [0.2, 0.25) is 0 Å². The number of anilines is 1. The minimum atomic E-state index is -2.62. The van der Waals surface area contributed by atoms with Crippen LogP contribution >= 0.6 is 11.8 Å². The summed E-state index contributed by atoms with van der Waals surface area (Å²) in [6.45, 7) is 0. The van der Waals surface area contributed by atoms with Crippen molar-refractivity contribution < 1.29 is 27.9 Å². The van der Waals surface area contributed by atoms with Crippen molar-refractivity contribution in [1.29, 1.82) is 0 Å². The summed E-state index contributed by atoms with van der Waals surface area (Å²) in [5, 5.41) is 11.1. The van der Waals surface area contributed by atoms with Gasteiger partial charge in [0.25, 0.3) is 11.7 Å². The van der Waals surface area contributed by atoms with Gasteiger partial charge in [-0.3, -0.25) is 4.79 Å². The maximum absolute atomic E-state index is 12.4. The highest BCUT2D eigenvalue weighted by Crippen LogP contribution is 2.31. The Labute approximate surface area is 121 Å². The third-order valence-corrected chi connectivity index (χ3v) is 3.21. The molecule has 0 saturated carbocycles. The van der Waals surface area contributed by atoms with Gasteiger partial charge in [-0.2, -0.15) is 8.78 Å². The van der Waals surface area contributed by atoms with Crippen molar-refractivity contribution >= 4 is 29.3 Å². The number of thioether (sulfide) groups is 1. The highest BCUT2D eigenvalue weighted by Gasteiger charge is 2.17. The number of carbonyl (C=O) groups excluding carboxylic acids is 1. The van der Waals surface area contributed by atoms with E-state index in [4.69, 9.17) is 9.52 Å². The number of alkyl halides is 2. The van der Waals surface area contributed by atoms with E-state index < -0.39 is 17.6 Å². The van der Waals surface area contributed by atoms with Crippen LogP contribution in [-0.4, -0.2) is 22.7 Å². The van der Waals surface area contributed by atoms with Gasteiger partial charge in [-0.15, -0.1) is 0 Å². The van der Waals surface area contributed by atoms with Crippen LogP contribution in [0, 0.1) is 0 Å². The Balaban J connectivity index is 2.17. The lowest BCUT2D eigenvalue weighted by Crippen LogP contribution is -2.11. The predicted octanol–water partition coefficient (Wildman–Crippen LogP) is 3.54. The normalized spacial score (nSPS) is 10.6. The molecule has 110 valence electrons. The third kappa shape index (κ3) is 3.82. The Morgan fingerprint density at radius 3 is 2.62 bits per heavy atom. The zero-order chi connectivity index (χ0) is 15.4. The average Bonchev–Trinajstić information content (AvgIpc) is 2.90. The van der Waals surface area contributed by atoms with Crippen molar-refractivity contribution in [2.45, 2.75) is 10.7 Å². The molecule has 0 aliphatic carbocycles. The number of amides is 1. The molecule has 0 atom stereocenters. The molecule has 0 aliphatic heterocycles. The second-order valence-corrected chi connectivity index (χ2v) is 4.87. The smallest absolute Gasteiger partial charge is 0.338 e. The molecule has 0 aliphatic rings. The molecule has 0 saturated heterocycles. The zero-order valence-corrected chi connectivity index (χ0v) is 11.2. The Morgan fingerprint density at radius 1 is 1.29 bits per heavy atom. The van der Waals surface area contributed by atoms with E-state index in [1.807, 2.05) is 0 Å². The fourth-order valence-corrected chi connectivity index (χ4v) is 2.12. The highest BCUT2D eigenvalue weighted by molar-refractivity contribution is 7.99. The molecule has 0 fully saturated rings. The summed E-state index contributed by atoms with van der Waals surface area (Å²) in [5.41, 5.74) is 0.0245. The lowest BCUT2D eigenvalue weighted by Gasteiger charge is -2.08. The highest BCUT2D eigenvalue weighted by atomic mass is 32.2. The van der Waals surface area contributed by atoms with Crippen LogP contribution in [0.4, 0.5) is 14.5 Å². The standard InChI is InChI=1S/C13H9F2NO4S/c14-13(15)21-10-4-2-1-3-8(10)16-11(17)9-5-7(6-20-9)12(18)19/h1-6,13H,(H,16,17)(H,18,19). The minimum absolute atomic E-state index is 0.171. The van der Waals surface area contributed by atoms with Crippen LogP contribution in [-0.2, 0) is 0 Å². The van der Waals surface area contributed by atoms with E-state index in [1.165, 1.54) is 12.1 Å². The van der Waals surface area contributed by atoms with E-state index in [1.54, 1.807) is 12.1 Å². The Bertz CT molecular complexity index is 672. The van der Waals surface area contributed by atoms with Crippen molar-refractivity contribution in [2.75, 3.05) is 5.32 Å². The molecule has 1 amide bonds. The van der Waals surface area contributed by atoms with E-state index in [0.717, 1.165) is 12.3 Å². The van der Waals surface area contributed by atoms with Gasteiger partial charge in [-0.25, -0.2) is 4.79 Å². The fourth-order valence-electron chi connectivity index (χ4n) is 1.52. The number of benzene rings is 1. The first-order chi connectivity index (χ1) is 9.97. The average molecular weight is 313 g/mol. The number of carboxylic acid groups (broad SMARTS) is 1. The quantitative estimate of drug-likeness (QED) is 0.825. The topological polar surface area (TPSA) is 79.5 Å². The van der Waals surface area contributed by atoms with Crippen molar-refractivity contribution in [2.24, 2.45) is 0 Å². The summed E-state index contributed by atoms with van der Waals surface area (Å²) in [7, 11) is 0. The van der Waals surface area contributed by atoms with Gasteiger partial charge in [0.15, 0.2) is 5.76 Å². The number of nitrogens with one attached hydrogen (secondary N) is 1. The van der Waals surface area contributed by atoms with Gasteiger partial charge in [0, 0.05) is 11.0 Å². The van der Waals surface area contributed by atoms with Gasteiger partial charge in [0.1, 0.15) is 6.26 Å². The van der Waals surface area contributed by atoms with E-state index >= 15 is 0 Å². The molecule has 8 heteroatoms. The van der Waals surface area contributed by atoms with Crippen LogP contribution in [0.25, 0.3) is 0 Å². The van der Waals surface area contributed by atoms with Gasteiger partial charge < -0.3 is 14.8 Å². The molecule has 0 spiro atoms. The predicted molar refractivity (Wildman–Crippen MR) is 71.9 cm³/mol. The zero-order valence-electron chi connectivity index (χ0n) is 10.4. The van der Waals surface area contributed by atoms with Crippen LogP contribution in [0.15, 0.2) is 45.9 Å². The maximum Gasteiger partial charge on any atom is 0.338 e. The molecule has 1 heterocycles. The first-order valence-electron chi connectivity index (χ1n) is 5.64. The molecule has 2 rings (SSSR count). The number of carbonyl (C=O) groups is 2. The van der Waals surface area contributed by atoms with Crippen LogP contribution in [0.1, 0.15) is 20.9 Å². The molecule has 0 radical (unpaired) electrons. The van der Waals surface area contributed by atoms with Crippen LogP contribution in [0.5, 0.6) is 0 Å². The van der Waals surface area contributed by atoms with Crippen molar-refractivity contribution in [3.8, 4) is 0 Å². The minimum Gasteiger partial charge on any atom is -0.478 e. The van der Waals surface area contributed by atoms with Crippen molar-refractivity contribution in [1.82, 2.24) is 0 Å².